The maximum absolute atomic E-state index is 5.78. The number of hydrogen-bond acceptors (Lipinski definition) is 3. The van der Waals surface area contributed by atoms with Gasteiger partial charge in [-0.3, -0.25) is 0 Å². The molecule has 0 amide bonds. The molecule has 0 saturated carbocycles. The number of aromatic nitrogens is 2. The monoisotopic (exact) mass is 183 g/mol. The van der Waals surface area contributed by atoms with Gasteiger partial charge in [0.25, 0.3) is 6.01 Å². The fourth-order valence-electron chi connectivity index (χ4n) is 0.927. The minimum Gasteiger partial charge on any atom is -0.463 e. The van der Waals surface area contributed by atoms with E-state index in [9.17, 15) is 0 Å². The van der Waals surface area contributed by atoms with Crippen molar-refractivity contribution in [1.29, 1.82) is 0 Å². The van der Waals surface area contributed by atoms with Crippen LogP contribution in [0.5, 0.6) is 6.01 Å². The maximum atomic E-state index is 5.78. The Kier molecular flexibility index (Phi) is 2.93. The van der Waals surface area contributed by atoms with Crippen LogP contribution in [0.4, 0.5) is 0 Å². The zero-order valence-corrected chi connectivity index (χ0v) is 8.45. The van der Waals surface area contributed by atoms with Gasteiger partial charge >= 0.3 is 0 Å². The molecule has 2 N–H and O–H groups in total. The minimum atomic E-state index is -0.315. The van der Waals surface area contributed by atoms with Crippen LogP contribution in [-0.2, 0) is 6.54 Å². The Morgan fingerprint density at radius 3 is 2.85 bits per heavy atom. The summed E-state index contributed by atoms with van der Waals surface area (Å²) in [5.74, 6) is 0. The number of aryl methyl sites for hydroxylation is 1. The number of nitrogens with zero attached hydrogens (tertiary/aromatic N) is 2. The topological polar surface area (TPSA) is 53.1 Å². The van der Waals surface area contributed by atoms with Gasteiger partial charge in [-0.1, -0.05) is 0 Å². The van der Waals surface area contributed by atoms with E-state index in [4.69, 9.17) is 10.5 Å². The molecule has 0 bridgehead atoms. The molecule has 0 aliphatic heterocycles. The van der Waals surface area contributed by atoms with Gasteiger partial charge in [0.2, 0.25) is 0 Å². The van der Waals surface area contributed by atoms with Crippen LogP contribution in [0, 0.1) is 0 Å². The van der Waals surface area contributed by atoms with Crippen LogP contribution in [0.15, 0.2) is 12.4 Å². The first-order chi connectivity index (χ1) is 6.03. The molecule has 0 atom stereocenters. The molecule has 0 radical (unpaired) electrons. The van der Waals surface area contributed by atoms with Crippen LogP contribution in [-0.4, -0.2) is 21.7 Å². The summed E-state index contributed by atoms with van der Waals surface area (Å²) in [5, 5.41) is 0. The largest absolute Gasteiger partial charge is 0.463 e. The molecule has 1 aromatic heterocycles. The Bertz CT molecular complexity index is 262. The zero-order valence-electron chi connectivity index (χ0n) is 8.45. The molecule has 0 aliphatic carbocycles. The van der Waals surface area contributed by atoms with E-state index in [-0.39, 0.29) is 5.54 Å². The Labute approximate surface area is 78.7 Å². The molecule has 0 aliphatic rings. The highest BCUT2D eigenvalue weighted by Gasteiger charge is 2.13. The van der Waals surface area contributed by atoms with Gasteiger partial charge in [0.15, 0.2) is 0 Å². The summed E-state index contributed by atoms with van der Waals surface area (Å²) >= 11 is 0. The minimum absolute atomic E-state index is 0.315. The van der Waals surface area contributed by atoms with Gasteiger partial charge in [0.1, 0.15) is 6.61 Å². The second-order valence-electron chi connectivity index (χ2n) is 3.77. The molecule has 1 rings (SSSR count). The molecular weight excluding hydrogens is 166 g/mol. The summed E-state index contributed by atoms with van der Waals surface area (Å²) in [5.41, 5.74) is 5.47. The van der Waals surface area contributed by atoms with Crippen LogP contribution in [0.1, 0.15) is 20.8 Å². The second kappa shape index (κ2) is 3.79. The van der Waals surface area contributed by atoms with E-state index in [0.29, 0.717) is 12.6 Å². The third kappa shape index (κ3) is 3.06. The van der Waals surface area contributed by atoms with E-state index >= 15 is 0 Å². The maximum Gasteiger partial charge on any atom is 0.296 e. The van der Waals surface area contributed by atoms with Crippen LogP contribution >= 0.6 is 0 Å². The number of hydrogen-bond donors (Lipinski definition) is 1. The molecule has 0 saturated heterocycles. The third-order valence-electron chi connectivity index (χ3n) is 1.59. The van der Waals surface area contributed by atoms with Crippen LogP contribution < -0.4 is 10.5 Å². The molecule has 0 aromatic carbocycles. The van der Waals surface area contributed by atoms with E-state index < -0.39 is 0 Å². The summed E-state index contributed by atoms with van der Waals surface area (Å²) in [6, 6.07) is 0.640. The predicted molar refractivity (Wildman–Crippen MR) is 51.7 cm³/mol. The van der Waals surface area contributed by atoms with Crippen molar-refractivity contribution in [2.45, 2.75) is 32.9 Å². The van der Waals surface area contributed by atoms with Crippen molar-refractivity contribution in [3.63, 3.8) is 0 Å². The summed E-state index contributed by atoms with van der Waals surface area (Å²) in [7, 11) is 0. The number of imidazole rings is 1. The molecule has 0 unspecified atom stereocenters. The zero-order chi connectivity index (χ0) is 9.90. The quantitative estimate of drug-likeness (QED) is 0.758. The first kappa shape index (κ1) is 10.1. The van der Waals surface area contributed by atoms with Gasteiger partial charge < -0.3 is 15.0 Å². The smallest absolute Gasteiger partial charge is 0.296 e. The van der Waals surface area contributed by atoms with Crippen LogP contribution in [0.2, 0.25) is 0 Å². The molecule has 1 aromatic rings. The fraction of sp³-hybridized carbons (Fsp3) is 0.667. The van der Waals surface area contributed by atoms with E-state index in [1.807, 2.05) is 31.5 Å². The fourth-order valence-corrected chi connectivity index (χ4v) is 0.927. The predicted octanol–water partition coefficient (Wildman–Crippen LogP) is 1.02. The van der Waals surface area contributed by atoms with Gasteiger partial charge in [0, 0.05) is 24.5 Å². The molecule has 0 spiro atoms. The molecule has 1 heterocycles. The molecule has 74 valence electrons. The molecule has 4 heteroatoms. The molecular formula is C9H17N3O. The van der Waals surface area contributed by atoms with E-state index in [1.165, 1.54) is 0 Å². The summed E-state index contributed by atoms with van der Waals surface area (Å²) in [6.45, 7) is 7.23. The number of ether oxygens (including phenoxy) is 1. The Hall–Kier alpha value is -1.03. The molecule has 4 nitrogen and oxygen atoms in total. The van der Waals surface area contributed by atoms with E-state index in [2.05, 4.69) is 4.98 Å². The van der Waals surface area contributed by atoms with Crippen LogP contribution in [0.25, 0.3) is 0 Å². The first-order valence-electron chi connectivity index (χ1n) is 4.46. The van der Waals surface area contributed by atoms with Crippen molar-refractivity contribution >= 4 is 0 Å². The van der Waals surface area contributed by atoms with Gasteiger partial charge in [-0.15, -0.1) is 0 Å². The van der Waals surface area contributed by atoms with Gasteiger partial charge in [-0.05, 0) is 20.8 Å². The lowest BCUT2D eigenvalue weighted by atomic mass is 10.1. The third-order valence-corrected chi connectivity index (χ3v) is 1.59. The lowest BCUT2D eigenvalue weighted by Crippen LogP contribution is -2.39. The Morgan fingerprint density at radius 1 is 1.62 bits per heavy atom. The Balaban J connectivity index is 2.54. The lowest BCUT2D eigenvalue weighted by molar-refractivity contribution is 0.218. The average Bonchev–Trinajstić information content (AvgIpc) is 2.46. The van der Waals surface area contributed by atoms with Gasteiger partial charge in [0.05, 0.1) is 0 Å². The molecule has 0 fully saturated rings. The summed E-state index contributed by atoms with van der Waals surface area (Å²) in [4.78, 5) is 4.08. The summed E-state index contributed by atoms with van der Waals surface area (Å²) in [6.07, 6.45) is 3.61. The highest BCUT2D eigenvalue weighted by molar-refractivity contribution is 4.98. The number of rotatable bonds is 4. The second-order valence-corrected chi connectivity index (χ2v) is 3.77. The van der Waals surface area contributed by atoms with Crippen molar-refractivity contribution in [1.82, 2.24) is 9.55 Å². The highest BCUT2D eigenvalue weighted by Crippen LogP contribution is 2.08. The van der Waals surface area contributed by atoms with Crippen LogP contribution in [0.3, 0.4) is 0 Å². The normalized spacial score (nSPS) is 11.7. The van der Waals surface area contributed by atoms with Gasteiger partial charge in [-0.25, -0.2) is 4.98 Å². The molecule has 13 heavy (non-hydrogen) atoms. The van der Waals surface area contributed by atoms with Crippen molar-refractivity contribution < 1.29 is 4.74 Å². The Morgan fingerprint density at radius 2 is 2.31 bits per heavy atom. The number of nitrogens with two attached hydrogens (primary N) is 1. The average molecular weight is 183 g/mol. The van der Waals surface area contributed by atoms with E-state index in [1.54, 1.807) is 6.20 Å². The highest BCUT2D eigenvalue weighted by atomic mass is 16.5. The SMILES string of the molecule is CCn1ccnc1OCC(C)(C)N. The van der Waals surface area contributed by atoms with Crippen molar-refractivity contribution in [3.05, 3.63) is 12.4 Å². The van der Waals surface area contributed by atoms with Crippen molar-refractivity contribution in [2.75, 3.05) is 6.61 Å². The van der Waals surface area contributed by atoms with Gasteiger partial charge in [-0.2, -0.15) is 0 Å². The van der Waals surface area contributed by atoms with E-state index in [0.717, 1.165) is 6.54 Å². The first-order valence-corrected chi connectivity index (χ1v) is 4.46. The summed E-state index contributed by atoms with van der Waals surface area (Å²) < 4.78 is 7.40. The van der Waals surface area contributed by atoms with Crippen molar-refractivity contribution in [2.24, 2.45) is 5.73 Å². The van der Waals surface area contributed by atoms with Crippen molar-refractivity contribution in [3.8, 4) is 6.01 Å². The standard InChI is InChI=1S/C9H17N3O/c1-4-12-6-5-11-8(12)13-7-9(2,3)10/h5-6H,4,7,10H2,1-3H3. The lowest BCUT2D eigenvalue weighted by Gasteiger charge is -2.18.